The van der Waals surface area contributed by atoms with E-state index in [-0.39, 0.29) is 6.29 Å². The van der Waals surface area contributed by atoms with Gasteiger partial charge in [-0.15, -0.1) is 0 Å². The van der Waals surface area contributed by atoms with Gasteiger partial charge < -0.3 is 14.2 Å². The lowest BCUT2D eigenvalue weighted by atomic mass is 9.91. The van der Waals surface area contributed by atoms with Crippen LogP contribution in [-0.2, 0) is 9.47 Å². The standard InChI is InChI=1S/C26H24O3/c1-18-16-21(11-8-20-9-12-22(27-3)13-10-20)25(17-19(18)2)23-6-4-5-7-24(23)26-28-14-15-29-26/h4-7,9-10,12-13,16-17,26H,14-15H2,1-3H3. The predicted octanol–water partition coefficient (Wildman–Crippen LogP) is 5.42. The van der Waals surface area contributed by atoms with E-state index in [0.29, 0.717) is 13.2 Å². The van der Waals surface area contributed by atoms with Crippen molar-refractivity contribution in [2.24, 2.45) is 0 Å². The highest BCUT2D eigenvalue weighted by Gasteiger charge is 2.22. The zero-order valence-electron chi connectivity index (χ0n) is 17.0. The summed E-state index contributed by atoms with van der Waals surface area (Å²) < 4.78 is 16.8. The normalized spacial score (nSPS) is 13.8. The summed E-state index contributed by atoms with van der Waals surface area (Å²) in [5.41, 5.74) is 7.64. The lowest BCUT2D eigenvalue weighted by Gasteiger charge is -2.17. The van der Waals surface area contributed by atoms with Crippen molar-refractivity contribution >= 4 is 0 Å². The van der Waals surface area contributed by atoms with Crippen LogP contribution in [0.3, 0.4) is 0 Å². The summed E-state index contributed by atoms with van der Waals surface area (Å²) in [5, 5.41) is 0. The van der Waals surface area contributed by atoms with Crippen LogP contribution in [0.25, 0.3) is 11.1 Å². The minimum absolute atomic E-state index is 0.324. The molecule has 0 unspecified atom stereocenters. The first-order valence-corrected chi connectivity index (χ1v) is 9.75. The van der Waals surface area contributed by atoms with Gasteiger partial charge in [-0.3, -0.25) is 0 Å². The van der Waals surface area contributed by atoms with Gasteiger partial charge >= 0.3 is 0 Å². The van der Waals surface area contributed by atoms with Crippen LogP contribution in [0, 0.1) is 25.7 Å². The molecule has 1 heterocycles. The van der Waals surface area contributed by atoms with E-state index in [1.807, 2.05) is 36.4 Å². The van der Waals surface area contributed by atoms with Crippen LogP contribution in [0.1, 0.15) is 34.1 Å². The first kappa shape index (κ1) is 19.3. The van der Waals surface area contributed by atoms with Crippen molar-refractivity contribution in [2.45, 2.75) is 20.1 Å². The second kappa shape index (κ2) is 8.53. The lowest BCUT2D eigenvalue weighted by molar-refractivity contribution is -0.0436. The summed E-state index contributed by atoms with van der Waals surface area (Å²) in [4.78, 5) is 0. The number of ether oxygens (including phenoxy) is 3. The highest BCUT2D eigenvalue weighted by atomic mass is 16.7. The molecule has 3 nitrogen and oxygen atoms in total. The largest absolute Gasteiger partial charge is 0.497 e. The maximum atomic E-state index is 5.78. The topological polar surface area (TPSA) is 27.7 Å². The van der Waals surface area contributed by atoms with Gasteiger partial charge in [0.1, 0.15) is 5.75 Å². The number of hydrogen-bond acceptors (Lipinski definition) is 3. The molecular weight excluding hydrogens is 360 g/mol. The Morgan fingerprint density at radius 2 is 1.52 bits per heavy atom. The number of methoxy groups -OCH3 is 1. The fourth-order valence-corrected chi connectivity index (χ4v) is 3.44. The van der Waals surface area contributed by atoms with Crippen molar-refractivity contribution in [3.8, 4) is 28.7 Å². The van der Waals surface area contributed by atoms with Gasteiger partial charge in [0.25, 0.3) is 0 Å². The fourth-order valence-electron chi connectivity index (χ4n) is 3.44. The smallest absolute Gasteiger partial charge is 0.184 e. The zero-order valence-corrected chi connectivity index (χ0v) is 17.0. The highest BCUT2D eigenvalue weighted by molar-refractivity contribution is 5.76. The quantitative estimate of drug-likeness (QED) is 0.564. The van der Waals surface area contributed by atoms with Crippen molar-refractivity contribution in [3.63, 3.8) is 0 Å². The van der Waals surface area contributed by atoms with E-state index in [4.69, 9.17) is 14.2 Å². The predicted molar refractivity (Wildman–Crippen MR) is 115 cm³/mol. The number of rotatable bonds is 3. The van der Waals surface area contributed by atoms with Crippen molar-refractivity contribution < 1.29 is 14.2 Å². The first-order valence-electron chi connectivity index (χ1n) is 9.75. The van der Waals surface area contributed by atoms with Crippen LogP contribution in [-0.4, -0.2) is 20.3 Å². The van der Waals surface area contributed by atoms with Crippen molar-refractivity contribution in [1.29, 1.82) is 0 Å². The van der Waals surface area contributed by atoms with Crippen LogP contribution < -0.4 is 4.74 Å². The molecule has 29 heavy (non-hydrogen) atoms. The molecule has 4 rings (SSSR count). The molecule has 146 valence electrons. The van der Waals surface area contributed by atoms with E-state index < -0.39 is 0 Å². The zero-order chi connectivity index (χ0) is 20.2. The maximum Gasteiger partial charge on any atom is 0.184 e. The molecule has 0 amide bonds. The third-order valence-electron chi connectivity index (χ3n) is 5.19. The van der Waals surface area contributed by atoms with Crippen LogP contribution in [0.2, 0.25) is 0 Å². The third-order valence-corrected chi connectivity index (χ3v) is 5.19. The number of aryl methyl sites for hydroxylation is 2. The van der Waals surface area contributed by atoms with E-state index >= 15 is 0 Å². The number of hydrogen-bond donors (Lipinski definition) is 0. The van der Waals surface area contributed by atoms with E-state index in [0.717, 1.165) is 33.6 Å². The van der Waals surface area contributed by atoms with E-state index in [1.54, 1.807) is 7.11 Å². The Balaban J connectivity index is 1.79. The molecule has 3 aromatic rings. The molecule has 3 heteroatoms. The minimum atomic E-state index is -0.324. The Labute approximate surface area is 172 Å². The molecule has 0 radical (unpaired) electrons. The summed E-state index contributed by atoms with van der Waals surface area (Å²) in [6, 6.07) is 20.4. The number of benzene rings is 3. The van der Waals surface area contributed by atoms with Crippen LogP contribution in [0.4, 0.5) is 0 Å². The molecule has 1 saturated heterocycles. The van der Waals surface area contributed by atoms with Crippen molar-refractivity contribution in [1.82, 2.24) is 0 Å². The molecule has 0 N–H and O–H groups in total. The molecule has 3 aromatic carbocycles. The SMILES string of the molecule is COc1ccc(C#Cc2cc(C)c(C)cc2-c2ccccc2C2OCCO2)cc1. The molecule has 0 aliphatic carbocycles. The second-order valence-corrected chi connectivity index (χ2v) is 7.12. The molecule has 1 aliphatic rings. The van der Waals surface area contributed by atoms with Gasteiger partial charge in [-0.2, -0.15) is 0 Å². The Morgan fingerprint density at radius 1 is 0.828 bits per heavy atom. The minimum Gasteiger partial charge on any atom is -0.497 e. The Kier molecular flexibility index (Phi) is 5.67. The Bertz CT molecular complexity index is 1070. The molecule has 0 bridgehead atoms. The van der Waals surface area contributed by atoms with Crippen molar-refractivity contribution in [3.05, 3.63) is 88.5 Å². The summed E-state index contributed by atoms with van der Waals surface area (Å²) in [7, 11) is 1.66. The first-order chi connectivity index (χ1) is 14.2. The average molecular weight is 384 g/mol. The summed E-state index contributed by atoms with van der Waals surface area (Å²) in [5.74, 6) is 7.50. The summed E-state index contributed by atoms with van der Waals surface area (Å²) in [6.45, 7) is 5.49. The molecule has 0 aromatic heterocycles. The maximum absolute atomic E-state index is 5.78. The van der Waals surface area contributed by atoms with Gasteiger partial charge in [-0.05, 0) is 72.5 Å². The molecular formula is C26H24O3. The monoisotopic (exact) mass is 384 g/mol. The highest BCUT2D eigenvalue weighted by Crippen LogP contribution is 2.35. The third kappa shape index (κ3) is 4.19. The van der Waals surface area contributed by atoms with Crippen LogP contribution in [0.5, 0.6) is 5.75 Å². The van der Waals surface area contributed by atoms with E-state index in [1.165, 1.54) is 11.1 Å². The van der Waals surface area contributed by atoms with E-state index in [9.17, 15) is 0 Å². The average Bonchev–Trinajstić information content (AvgIpc) is 3.29. The molecule has 0 spiro atoms. The summed E-state index contributed by atoms with van der Waals surface area (Å²) in [6.07, 6.45) is -0.324. The molecule has 1 aliphatic heterocycles. The molecule has 1 fully saturated rings. The van der Waals surface area contributed by atoms with Gasteiger partial charge in [0.05, 0.1) is 20.3 Å². The molecule has 0 saturated carbocycles. The fraction of sp³-hybridized carbons (Fsp3) is 0.231. The van der Waals surface area contributed by atoms with E-state index in [2.05, 4.69) is 50.0 Å². The Hall–Kier alpha value is -3.06. The van der Waals surface area contributed by atoms with Crippen LogP contribution >= 0.6 is 0 Å². The van der Waals surface area contributed by atoms with Crippen molar-refractivity contribution in [2.75, 3.05) is 20.3 Å². The van der Waals surface area contributed by atoms with Gasteiger partial charge in [0.2, 0.25) is 0 Å². The van der Waals surface area contributed by atoms with Gasteiger partial charge in [0, 0.05) is 16.7 Å². The van der Waals surface area contributed by atoms with Gasteiger partial charge in [0.15, 0.2) is 6.29 Å². The van der Waals surface area contributed by atoms with Gasteiger partial charge in [-0.1, -0.05) is 36.1 Å². The lowest BCUT2D eigenvalue weighted by Crippen LogP contribution is -2.02. The molecule has 0 atom stereocenters. The summed E-state index contributed by atoms with van der Waals surface area (Å²) >= 11 is 0. The Morgan fingerprint density at radius 3 is 2.24 bits per heavy atom. The van der Waals surface area contributed by atoms with Crippen LogP contribution in [0.15, 0.2) is 60.7 Å². The second-order valence-electron chi connectivity index (χ2n) is 7.12. The van der Waals surface area contributed by atoms with Gasteiger partial charge in [-0.25, -0.2) is 0 Å².